The molecule has 0 saturated heterocycles. The lowest BCUT2D eigenvalue weighted by Crippen LogP contribution is -2.09. The number of hydrogen-bond acceptors (Lipinski definition) is 4. The first-order valence-electron chi connectivity index (χ1n) is 5.79. The van der Waals surface area contributed by atoms with Crippen LogP contribution in [0.25, 0.3) is 0 Å². The first kappa shape index (κ1) is 13.9. The lowest BCUT2D eigenvalue weighted by Gasteiger charge is -2.08. The summed E-state index contributed by atoms with van der Waals surface area (Å²) in [4.78, 5) is 15.4. The number of benzene rings is 1. The van der Waals surface area contributed by atoms with Gasteiger partial charge in [-0.05, 0) is 30.7 Å². The maximum atomic E-state index is 13.8. The predicted molar refractivity (Wildman–Crippen MR) is 68.9 cm³/mol. The Hall–Kier alpha value is -2.50. The van der Waals surface area contributed by atoms with Crippen molar-refractivity contribution in [3.8, 4) is 0 Å². The molecule has 6 heteroatoms. The molecule has 0 bridgehead atoms. The van der Waals surface area contributed by atoms with Crippen LogP contribution in [-0.4, -0.2) is 11.0 Å². The summed E-state index contributed by atoms with van der Waals surface area (Å²) in [6, 6.07) is 3.80. The number of carbonyl (C=O) groups is 1. The summed E-state index contributed by atoms with van der Waals surface area (Å²) in [5, 5.41) is 0. The molecule has 0 aliphatic rings. The van der Waals surface area contributed by atoms with E-state index < -0.39 is 17.6 Å². The Morgan fingerprint density at radius 1 is 1.30 bits per heavy atom. The van der Waals surface area contributed by atoms with Crippen LogP contribution >= 0.6 is 0 Å². The second-order valence-electron chi connectivity index (χ2n) is 4.29. The lowest BCUT2D eigenvalue weighted by molar-refractivity contribution is 0.0466. The monoisotopic (exact) mass is 278 g/mol. The molecule has 0 spiro atoms. The summed E-state index contributed by atoms with van der Waals surface area (Å²) in [5.74, 6) is -2.08. The zero-order valence-electron chi connectivity index (χ0n) is 10.7. The summed E-state index contributed by atoms with van der Waals surface area (Å²) in [5.41, 5.74) is 6.21. The Labute approximate surface area is 114 Å². The summed E-state index contributed by atoms with van der Waals surface area (Å²) in [6.07, 6.45) is 2.39. The van der Waals surface area contributed by atoms with Gasteiger partial charge in [-0.1, -0.05) is 0 Å². The molecule has 0 fully saturated rings. The van der Waals surface area contributed by atoms with Crippen molar-refractivity contribution in [2.24, 2.45) is 0 Å². The molecule has 1 heterocycles. The first-order valence-corrected chi connectivity index (χ1v) is 5.79. The van der Waals surface area contributed by atoms with Crippen molar-refractivity contribution in [3.63, 3.8) is 0 Å². The minimum atomic E-state index is -0.859. The molecule has 0 amide bonds. The fraction of sp³-hybridized carbons (Fsp3) is 0.143. The minimum absolute atomic E-state index is 0.198. The SMILES string of the molecule is Cc1cc(N)cc(C(=O)OCc2cncc(F)c2)c1F. The van der Waals surface area contributed by atoms with Crippen LogP contribution in [0.3, 0.4) is 0 Å². The zero-order valence-corrected chi connectivity index (χ0v) is 10.7. The van der Waals surface area contributed by atoms with E-state index in [1.54, 1.807) is 0 Å². The van der Waals surface area contributed by atoms with Crippen molar-refractivity contribution < 1.29 is 18.3 Å². The van der Waals surface area contributed by atoms with Crippen LogP contribution in [-0.2, 0) is 11.3 Å². The van der Waals surface area contributed by atoms with E-state index in [0.717, 1.165) is 6.20 Å². The summed E-state index contributed by atoms with van der Waals surface area (Å²) in [6.45, 7) is 1.30. The van der Waals surface area contributed by atoms with E-state index in [2.05, 4.69) is 4.98 Å². The highest BCUT2D eigenvalue weighted by molar-refractivity contribution is 5.91. The highest BCUT2D eigenvalue weighted by Gasteiger charge is 2.16. The molecule has 1 aromatic heterocycles. The number of nitrogen functional groups attached to an aromatic ring is 1. The average molecular weight is 278 g/mol. The van der Waals surface area contributed by atoms with E-state index in [4.69, 9.17) is 10.5 Å². The van der Waals surface area contributed by atoms with Gasteiger partial charge in [-0.25, -0.2) is 13.6 Å². The van der Waals surface area contributed by atoms with E-state index in [9.17, 15) is 13.6 Å². The topological polar surface area (TPSA) is 65.2 Å². The number of hydrogen-bond donors (Lipinski definition) is 1. The third-order valence-corrected chi connectivity index (χ3v) is 2.63. The number of halogens is 2. The van der Waals surface area contributed by atoms with E-state index in [1.807, 2.05) is 0 Å². The summed E-state index contributed by atoms with van der Waals surface area (Å²) >= 11 is 0. The van der Waals surface area contributed by atoms with Crippen molar-refractivity contribution in [1.82, 2.24) is 4.98 Å². The number of aromatic nitrogens is 1. The zero-order chi connectivity index (χ0) is 14.7. The molecule has 2 rings (SSSR count). The molecule has 0 saturated carbocycles. The van der Waals surface area contributed by atoms with Gasteiger partial charge in [0.2, 0.25) is 0 Å². The van der Waals surface area contributed by atoms with E-state index in [1.165, 1.54) is 31.3 Å². The van der Waals surface area contributed by atoms with Crippen molar-refractivity contribution in [2.75, 3.05) is 5.73 Å². The molecule has 0 unspecified atom stereocenters. The molecule has 2 aromatic rings. The maximum absolute atomic E-state index is 13.8. The number of rotatable bonds is 3. The fourth-order valence-corrected chi connectivity index (χ4v) is 1.71. The Morgan fingerprint density at radius 3 is 2.75 bits per heavy atom. The van der Waals surface area contributed by atoms with Gasteiger partial charge in [0.1, 0.15) is 18.2 Å². The van der Waals surface area contributed by atoms with Crippen molar-refractivity contribution in [1.29, 1.82) is 0 Å². The van der Waals surface area contributed by atoms with Crippen molar-refractivity contribution >= 4 is 11.7 Å². The molecule has 20 heavy (non-hydrogen) atoms. The second kappa shape index (κ2) is 5.64. The Balaban J connectivity index is 2.13. The van der Waals surface area contributed by atoms with Crippen LogP contribution in [0, 0.1) is 18.6 Å². The number of esters is 1. The first-order chi connectivity index (χ1) is 9.47. The molecule has 0 aliphatic heterocycles. The van der Waals surface area contributed by atoms with Gasteiger partial charge in [0, 0.05) is 17.4 Å². The van der Waals surface area contributed by atoms with Gasteiger partial charge in [-0.15, -0.1) is 0 Å². The molecule has 0 aliphatic carbocycles. The maximum Gasteiger partial charge on any atom is 0.341 e. The van der Waals surface area contributed by atoms with E-state index in [-0.39, 0.29) is 23.4 Å². The standard InChI is InChI=1S/C14H12F2N2O2/c1-8-2-11(17)4-12(13(8)16)14(19)20-7-9-3-10(15)6-18-5-9/h2-6H,7,17H2,1H3. The number of anilines is 1. The smallest absolute Gasteiger partial charge is 0.341 e. The van der Waals surface area contributed by atoms with Gasteiger partial charge in [-0.3, -0.25) is 4.98 Å². The molecule has 104 valence electrons. The minimum Gasteiger partial charge on any atom is -0.457 e. The van der Waals surface area contributed by atoms with Gasteiger partial charge in [0.25, 0.3) is 0 Å². The summed E-state index contributed by atoms with van der Waals surface area (Å²) in [7, 11) is 0. The highest BCUT2D eigenvalue weighted by Crippen LogP contribution is 2.18. The Kier molecular flexibility index (Phi) is 3.93. The third kappa shape index (κ3) is 3.09. The number of nitrogens with two attached hydrogens (primary N) is 1. The van der Waals surface area contributed by atoms with Crippen LogP contribution in [0.2, 0.25) is 0 Å². The van der Waals surface area contributed by atoms with E-state index >= 15 is 0 Å². The van der Waals surface area contributed by atoms with Gasteiger partial charge in [0.15, 0.2) is 0 Å². The molecular weight excluding hydrogens is 266 g/mol. The van der Waals surface area contributed by atoms with Crippen LogP contribution in [0.1, 0.15) is 21.5 Å². The van der Waals surface area contributed by atoms with Gasteiger partial charge in [0.05, 0.1) is 11.8 Å². The summed E-state index contributed by atoms with van der Waals surface area (Å²) < 4.78 is 31.6. The lowest BCUT2D eigenvalue weighted by atomic mass is 10.1. The van der Waals surface area contributed by atoms with Crippen LogP contribution in [0.5, 0.6) is 0 Å². The Morgan fingerprint density at radius 2 is 2.05 bits per heavy atom. The van der Waals surface area contributed by atoms with Crippen LogP contribution in [0.4, 0.5) is 14.5 Å². The predicted octanol–water partition coefficient (Wildman–Crippen LogP) is 2.61. The van der Waals surface area contributed by atoms with Crippen LogP contribution in [0.15, 0.2) is 30.6 Å². The quantitative estimate of drug-likeness (QED) is 0.692. The molecular formula is C14H12F2N2O2. The largest absolute Gasteiger partial charge is 0.457 e. The van der Waals surface area contributed by atoms with Gasteiger partial charge in [-0.2, -0.15) is 0 Å². The molecule has 2 N–H and O–H groups in total. The van der Waals surface area contributed by atoms with Gasteiger partial charge < -0.3 is 10.5 Å². The normalized spacial score (nSPS) is 10.3. The number of nitrogens with zero attached hydrogens (tertiary/aromatic N) is 1. The van der Waals surface area contributed by atoms with Crippen LogP contribution < -0.4 is 5.73 Å². The molecule has 4 nitrogen and oxygen atoms in total. The third-order valence-electron chi connectivity index (χ3n) is 2.63. The number of pyridine rings is 1. The second-order valence-corrected chi connectivity index (χ2v) is 4.29. The number of carbonyl (C=O) groups excluding carboxylic acids is 1. The molecule has 1 aromatic carbocycles. The van der Waals surface area contributed by atoms with E-state index in [0.29, 0.717) is 5.56 Å². The Bertz CT molecular complexity index is 660. The molecule has 0 atom stereocenters. The number of aryl methyl sites for hydroxylation is 1. The van der Waals surface area contributed by atoms with Crippen molar-refractivity contribution in [3.05, 3.63) is 58.9 Å². The van der Waals surface area contributed by atoms with Crippen molar-refractivity contribution in [2.45, 2.75) is 13.5 Å². The highest BCUT2D eigenvalue weighted by atomic mass is 19.1. The molecule has 0 radical (unpaired) electrons. The van der Waals surface area contributed by atoms with Gasteiger partial charge >= 0.3 is 5.97 Å². The number of ether oxygens (including phenoxy) is 1. The average Bonchev–Trinajstić information content (AvgIpc) is 2.40. The fourth-order valence-electron chi connectivity index (χ4n) is 1.71.